The number of nitrogens with zero attached hydrogens (tertiary/aromatic N) is 1. The van der Waals surface area contributed by atoms with E-state index in [1.807, 2.05) is 13.0 Å². The maximum atomic E-state index is 12.7. The molecule has 1 unspecified atom stereocenters. The quantitative estimate of drug-likeness (QED) is 0.894. The lowest BCUT2D eigenvalue weighted by Crippen LogP contribution is -2.35. The molecule has 0 bridgehead atoms. The maximum Gasteiger partial charge on any atom is 0.243 e. The molecule has 0 amide bonds. The fourth-order valence-corrected chi connectivity index (χ4v) is 5.21. The Morgan fingerprint density at radius 1 is 1.48 bits per heavy atom. The van der Waals surface area contributed by atoms with E-state index >= 15 is 0 Å². The lowest BCUT2D eigenvalue weighted by Gasteiger charge is -2.20. The van der Waals surface area contributed by atoms with Crippen molar-refractivity contribution in [2.75, 3.05) is 19.7 Å². The van der Waals surface area contributed by atoms with Crippen molar-refractivity contribution in [1.29, 1.82) is 0 Å². The van der Waals surface area contributed by atoms with Crippen LogP contribution in [0.2, 0.25) is 0 Å². The van der Waals surface area contributed by atoms with Gasteiger partial charge < -0.3 is 10.1 Å². The van der Waals surface area contributed by atoms with Crippen molar-refractivity contribution < 1.29 is 13.2 Å². The van der Waals surface area contributed by atoms with Gasteiger partial charge >= 0.3 is 0 Å². The van der Waals surface area contributed by atoms with Gasteiger partial charge in [-0.25, -0.2) is 8.42 Å². The average molecular weight is 330 g/mol. The molecule has 1 aliphatic carbocycles. The van der Waals surface area contributed by atoms with Crippen LogP contribution in [0.25, 0.3) is 0 Å². The molecule has 118 valence electrons. The summed E-state index contributed by atoms with van der Waals surface area (Å²) in [5.74, 6) is 0. The molecular formula is C14H22N2O3S2. The predicted molar refractivity (Wildman–Crippen MR) is 83.0 cm³/mol. The Bertz CT molecular complexity index is 581. The van der Waals surface area contributed by atoms with Crippen molar-refractivity contribution in [1.82, 2.24) is 9.62 Å². The molecule has 0 spiro atoms. The molecule has 21 heavy (non-hydrogen) atoms. The van der Waals surface area contributed by atoms with Gasteiger partial charge in [-0.2, -0.15) is 4.31 Å². The monoisotopic (exact) mass is 330 g/mol. The molecule has 1 N–H and O–H groups in total. The second kappa shape index (κ2) is 6.34. The van der Waals surface area contributed by atoms with Gasteiger partial charge in [0.2, 0.25) is 10.0 Å². The van der Waals surface area contributed by atoms with Gasteiger partial charge in [-0.15, -0.1) is 11.3 Å². The number of sulfonamides is 1. The molecule has 2 heterocycles. The maximum absolute atomic E-state index is 12.7. The minimum atomic E-state index is -3.38. The highest BCUT2D eigenvalue weighted by molar-refractivity contribution is 7.89. The van der Waals surface area contributed by atoms with Crippen molar-refractivity contribution in [3.63, 3.8) is 0 Å². The normalized spacial score (nSPS) is 24.9. The van der Waals surface area contributed by atoms with Gasteiger partial charge in [-0.3, -0.25) is 0 Å². The largest absolute Gasteiger partial charge is 0.377 e. The number of hydrogen-bond acceptors (Lipinski definition) is 5. The Kier molecular flexibility index (Phi) is 4.66. The Labute approximate surface area is 130 Å². The molecule has 3 rings (SSSR count). The van der Waals surface area contributed by atoms with Crippen molar-refractivity contribution >= 4 is 21.4 Å². The highest BCUT2D eigenvalue weighted by Crippen LogP contribution is 2.25. The molecule has 2 aliphatic rings. The van der Waals surface area contributed by atoms with Crippen molar-refractivity contribution in [3.8, 4) is 0 Å². The molecule has 2 fully saturated rings. The second-order valence-electron chi connectivity index (χ2n) is 5.80. The van der Waals surface area contributed by atoms with Crippen molar-refractivity contribution in [3.05, 3.63) is 16.3 Å². The molecule has 1 saturated carbocycles. The molecule has 5 nitrogen and oxygen atoms in total. The highest BCUT2D eigenvalue weighted by Gasteiger charge is 2.29. The number of ether oxygens (including phenoxy) is 1. The van der Waals surface area contributed by atoms with E-state index in [-0.39, 0.29) is 6.10 Å². The van der Waals surface area contributed by atoms with Crippen LogP contribution in [0.3, 0.4) is 0 Å². The summed E-state index contributed by atoms with van der Waals surface area (Å²) in [6.45, 7) is 4.30. The fraction of sp³-hybridized carbons (Fsp3) is 0.714. The summed E-state index contributed by atoms with van der Waals surface area (Å²) in [6, 6.07) is 2.45. The van der Waals surface area contributed by atoms with Crippen LogP contribution in [-0.4, -0.2) is 44.6 Å². The van der Waals surface area contributed by atoms with E-state index in [1.54, 1.807) is 9.69 Å². The summed E-state index contributed by atoms with van der Waals surface area (Å²) in [6.07, 6.45) is 3.19. The van der Waals surface area contributed by atoms with E-state index in [0.29, 0.717) is 30.6 Å². The molecule has 1 atom stereocenters. The van der Waals surface area contributed by atoms with Gasteiger partial charge in [0.15, 0.2) is 0 Å². The minimum Gasteiger partial charge on any atom is -0.377 e. The first-order valence-electron chi connectivity index (χ1n) is 7.48. The molecule has 1 aliphatic heterocycles. The zero-order valence-corrected chi connectivity index (χ0v) is 13.9. The van der Waals surface area contributed by atoms with E-state index in [4.69, 9.17) is 4.74 Å². The Balaban J connectivity index is 1.70. The van der Waals surface area contributed by atoms with Crippen LogP contribution in [0.4, 0.5) is 0 Å². The third-order valence-corrected chi connectivity index (χ3v) is 6.75. The summed E-state index contributed by atoms with van der Waals surface area (Å²) in [5, 5.41) is 5.18. The lowest BCUT2D eigenvalue weighted by atomic mass is 10.4. The van der Waals surface area contributed by atoms with Gasteiger partial charge in [-0.05, 0) is 32.3 Å². The second-order valence-corrected chi connectivity index (χ2v) is 8.74. The zero-order chi connectivity index (χ0) is 14.9. The average Bonchev–Trinajstić information content (AvgIpc) is 3.19. The topological polar surface area (TPSA) is 58.6 Å². The van der Waals surface area contributed by atoms with Gasteiger partial charge in [0, 0.05) is 42.5 Å². The van der Waals surface area contributed by atoms with Crippen LogP contribution in [0.5, 0.6) is 0 Å². The third kappa shape index (κ3) is 3.84. The van der Waals surface area contributed by atoms with Crippen LogP contribution in [0.1, 0.15) is 31.1 Å². The summed E-state index contributed by atoms with van der Waals surface area (Å²) >= 11 is 1.52. The van der Waals surface area contributed by atoms with Gasteiger partial charge in [0.05, 0.1) is 11.0 Å². The SMILES string of the molecule is CC1CN(S(=O)(=O)c2csc(CNC3CC3)c2)CCCO1. The summed E-state index contributed by atoms with van der Waals surface area (Å²) < 4.78 is 32.5. The van der Waals surface area contributed by atoms with Crippen LogP contribution >= 0.6 is 11.3 Å². The van der Waals surface area contributed by atoms with Crippen molar-refractivity contribution in [2.24, 2.45) is 0 Å². The summed E-state index contributed by atoms with van der Waals surface area (Å²) in [5.41, 5.74) is 0. The van der Waals surface area contributed by atoms with E-state index in [1.165, 1.54) is 24.2 Å². The van der Waals surface area contributed by atoms with Gasteiger partial charge in [-0.1, -0.05) is 0 Å². The molecule has 0 radical (unpaired) electrons. The van der Waals surface area contributed by atoms with E-state index in [9.17, 15) is 8.42 Å². The summed E-state index contributed by atoms with van der Waals surface area (Å²) in [4.78, 5) is 1.51. The molecule has 7 heteroatoms. The third-order valence-electron chi connectivity index (χ3n) is 3.82. The lowest BCUT2D eigenvalue weighted by molar-refractivity contribution is 0.0752. The number of thiophene rings is 1. The molecule has 1 aromatic rings. The zero-order valence-electron chi connectivity index (χ0n) is 12.2. The van der Waals surface area contributed by atoms with E-state index < -0.39 is 10.0 Å². The Morgan fingerprint density at radius 3 is 3.05 bits per heavy atom. The highest BCUT2D eigenvalue weighted by atomic mass is 32.2. The standard InChI is InChI=1S/C14H22N2O3S2/c1-11-9-16(5-2-6-19-11)21(17,18)14-7-13(20-10-14)8-15-12-3-4-12/h7,10-12,15H,2-6,8-9H2,1H3. The predicted octanol–water partition coefficient (Wildman–Crippen LogP) is 1.80. The molecule has 1 saturated heterocycles. The van der Waals surface area contributed by atoms with Gasteiger partial charge in [0.1, 0.15) is 0 Å². The molecule has 0 aromatic carbocycles. The number of hydrogen-bond donors (Lipinski definition) is 1. The van der Waals surface area contributed by atoms with Gasteiger partial charge in [0.25, 0.3) is 0 Å². The fourth-order valence-electron chi connectivity index (χ4n) is 2.44. The van der Waals surface area contributed by atoms with Crippen LogP contribution in [-0.2, 0) is 21.3 Å². The summed E-state index contributed by atoms with van der Waals surface area (Å²) in [7, 11) is -3.38. The first-order valence-corrected chi connectivity index (χ1v) is 9.80. The van der Waals surface area contributed by atoms with Crippen LogP contribution < -0.4 is 5.32 Å². The van der Waals surface area contributed by atoms with E-state index in [0.717, 1.165) is 17.8 Å². The van der Waals surface area contributed by atoms with Crippen LogP contribution in [0.15, 0.2) is 16.3 Å². The molecular weight excluding hydrogens is 308 g/mol. The molecule has 1 aromatic heterocycles. The van der Waals surface area contributed by atoms with Crippen molar-refractivity contribution in [2.45, 2.75) is 49.8 Å². The van der Waals surface area contributed by atoms with E-state index in [2.05, 4.69) is 5.32 Å². The number of nitrogens with one attached hydrogen (secondary N) is 1. The first kappa shape index (κ1) is 15.4. The first-order chi connectivity index (χ1) is 10.1. The number of rotatable bonds is 5. The Morgan fingerprint density at radius 2 is 2.29 bits per heavy atom. The minimum absolute atomic E-state index is 0.0445. The smallest absolute Gasteiger partial charge is 0.243 e. The Hall–Kier alpha value is -0.470. The van der Waals surface area contributed by atoms with Crippen LogP contribution in [0, 0.1) is 0 Å².